The number of aromatic carboxylic acids is 1. The first-order valence-electron chi connectivity index (χ1n) is 11.4. The fourth-order valence-corrected chi connectivity index (χ4v) is 5.70. The van der Waals surface area contributed by atoms with Gasteiger partial charge in [0.2, 0.25) is 5.91 Å². The van der Waals surface area contributed by atoms with E-state index in [9.17, 15) is 14.7 Å². The monoisotopic (exact) mass is 495 g/mol. The zero-order chi connectivity index (χ0) is 25.1. The number of imidazole rings is 1. The number of thiazole rings is 1. The van der Waals surface area contributed by atoms with Gasteiger partial charge in [-0.3, -0.25) is 9.20 Å². The highest BCUT2D eigenvalue weighted by atomic mass is 32.1. The highest BCUT2D eigenvalue weighted by Crippen LogP contribution is 2.36. The van der Waals surface area contributed by atoms with Crippen LogP contribution >= 0.6 is 11.3 Å². The van der Waals surface area contributed by atoms with E-state index >= 15 is 4.39 Å². The summed E-state index contributed by atoms with van der Waals surface area (Å²) >= 11 is 1.34. The number of amides is 1. The minimum atomic E-state index is -1.06. The van der Waals surface area contributed by atoms with Gasteiger partial charge < -0.3 is 14.7 Å². The quantitative estimate of drug-likeness (QED) is 0.409. The van der Waals surface area contributed by atoms with Gasteiger partial charge in [0, 0.05) is 42.2 Å². The maximum absolute atomic E-state index is 15.2. The summed E-state index contributed by atoms with van der Waals surface area (Å²) in [5, 5.41) is 9.42. The molecule has 1 aliphatic heterocycles. The summed E-state index contributed by atoms with van der Waals surface area (Å²) in [6, 6.07) is 8.45. The van der Waals surface area contributed by atoms with Crippen LogP contribution in [-0.4, -0.2) is 51.5 Å². The number of rotatable bonds is 4. The zero-order valence-corrected chi connectivity index (χ0v) is 20.8. The molecule has 0 bridgehead atoms. The third-order valence-corrected chi connectivity index (χ3v) is 7.52. The zero-order valence-electron chi connectivity index (χ0n) is 20.0. The number of carboxylic acid groups (broad SMARTS) is 1. The molecule has 1 N–H and O–H groups in total. The molecular weight excluding hydrogens is 469 g/mol. The van der Waals surface area contributed by atoms with Crippen molar-refractivity contribution in [3.05, 3.63) is 53.5 Å². The average molecular weight is 496 g/mol. The maximum Gasteiger partial charge on any atom is 0.339 e. The molecule has 35 heavy (non-hydrogen) atoms. The lowest BCUT2D eigenvalue weighted by Crippen LogP contribution is -2.37. The molecule has 2 aromatic heterocycles. The summed E-state index contributed by atoms with van der Waals surface area (Å²) in [5.74, 6) is -0.939. The predicted octanol–water partition coefficient (Wildman–Crippen LogP) is 5.42. The van der Waals surface area contributed by atoms with Gasteiger partial charge in [0.15, 0.2) is 4.96 Å². The molecule has 2 aromatic carbocycles. The smallest absolute Gasteiger partial charge is 0.339 e. The van der Waals surface area contributed by atoms with Gasteiger partial charge in [-0.2, -0.15) is 0 Å². The number of likely N-dealkylation sites (tertiary alicyclic amines) is 1. The molecule has 7 nitrogen and oxygen atoms in total. The van der Waals surface area contributed by atoms with E-state index in [1.165, 1.54) is 18.4 Å². The van der Waals surface area contributed by atoms with Crippen LogP contribution in [0, 0.1) is 11.2 Å². The second-order valence-corrected chi connectivity index (χ2v) is 10.9. The Kier molecular flexibility index (Phi) is 5.55. The molecule has 3 heterocycles. The minimum absolute atomic E-state index is 0.0843. The van der Waals surface area contributed by atoms with Gasteiger partial charge in [-0.15, -0.1) is 0 Å². The molecule has 4 aromatic rings. The summed E-state index contributed by atoms with van der Waals surface area (Å²) in [6.07, 6.45) is 2.57. The number of nitrogens with zero attached hydrogens (tertiary/aromatic N) is 3. The topological polar surface area (TPSA) is 84.1 Å². The lowest BCUT2D eigenvalue weighted by Gasteiger charge is -2.25. The molecule has 1 atom stereocenters. The highest BCUT2D eigenvalue weighted by Gasteiger charge is 2.33. The van der Waals surface area contributed by atoms with E-state index in [1.54, 1.807) is 30.5 Å². The van der Waals surface area contributed by atoms with Crippen molar-refractivity contribution in [3.63, 3.8) is 0 Å². The molecule has 1 unspecified atom stereocenters. The number of carbonyl (C=O) groups is 2. The molecule has 1 amide bonds. The van der Waals surface area contributed by atoms with Crippen LogP contribution in [0.2, 0.25) is 0 Å². The van der Waals surface area contributed by atoms with Crippen LogP contribution in [0.1, 0.15) is 49.0 Å². The first-order chi connectivity index (χ1) is 16.6. The van der Waals surface area contributed by atoms with Crippen molar-refractivity contribution < 1.29 is 23.8 Å². The molecular formula is C26H26FN3O4S. The Morgan fingerprint density at radius 3 is 2.66 bits per heavy atom. The Morgan fingerprint density at radius 1 is 1.23 bits per heavy atom. The van der Waals surface area contributed by atoms with Crippen LogP contribution in [0.4, 0.5) is 4.39 Å². The third-order valence-electron chi connectivity index (χ3n) is 6.50. The number of aromatic nitrogens is 2. The number of methoxy groups -OCH3 is 1. The number of halogens is 1. The standard InChI is InChI=1S/C26H26FN3O4S/c1-26(2,3)24(33)29-8-7-15(12-29)14-5-6-16(18(27)9-14)19-13-30-20-11-21(34-4)17(23(31)32)10-22(20)35-25(30)28-19/h5-6,9-11,13,15H,7-8,12H2,1-4H3,(H,31,32). The van der Waals surface area contributed by atoms with Gasteiger partial charge in [0.05, 0.1) is 23.0 Å². The number of hydrogen-bond donors (Lipinski definition) is 1. The number of carbonyl (C=O) groups excluding carboxylic acids is 1. The Morgan fingerprint density at radius 2 is 2.00 bits per heavy atom. The molecule has 1 fully saturated rings. The van der Waals surface area contributed by atoms with Gasteiger partial charge in [0.1, 0.15) is 17.1 Å². The van der Waals surface area contributed by atoms with E-state index in [0.717, 1.165) is 22.2 Å². The van der Waals surface area contributed by atoms with Crippen molar-refractivity contribution in [2.45, 2.75) is 33.1 Å². The van der Waals surface area contributed by atoms with E-state index < -0.39 is 11.4 Å². The van der Waals surface area contributed by atoms with E-state index in [-0.39, 0.29) is 29.0 Å². The van der Waals surface area contributed by atoms with Gasteiger partial charge in [0.25, 0.3) is 0 Å². The lowest BCUT2D eigenvalue weighted by molar-refractivity contribution is -0.138. The van der Waals surface area contributed by atoms with Crippen molar-refractivity contribution in [2.75, 3.05) is 20.2 Å². The van der Waals surface area contributed by atoms with Crippen LogP contribution in [0.3, 0.4) is 0 Å². The fraction of sp³-hybridized carbons (Fsp3) is 0.346. The molecule has 1 aliphatic rings. The van der Waals surface area contributed by atoms with E-state index in [0.29, 0.717) is 29.3 Å². The number of benzene rings is 2. The van der Waals surface area contributed by atoms with Crippen LogP contribution in [-0.2, 0) is 4.79 Å². The second kappa shape index (κ2) is 8.34. The number of fused-ring (bicyclic) bond motifs is 3. The Balaban J connectivity index is 1.44. The molecule has 0 aliphatic carbocycles. The van der Waals surface area contributed by atoms with Gasteiger partial charge >= 0.3 is 5.97 Å². The molecule has 5 rings (SSSR count). The van der Waals surface area contributed by atoms with Crippen molar-refractivity contribution in [1.82, 2.24) is 14.3 Å². The Bertz CT molecular complexity index is 1480. The summed E-state index contributed by atoms with van der Waals surface area (Å²) in [4.78, 5) is 31.2. The SMILES string of the molecule is COc1cc2c(cc1C(=O)O)sc1nc(-c3ccc(C4CCN(C(=O)C(C)(C)C)C4)cc3F)cn12. The van der Waals surface area contributed by atoms with Gasteiger partial charge in [-0.05, 0) is 30.2 Å². The Labute approximate surface area is 205 Å². The highest BCUT2D eigenvalue weighted by molar-refractivity contribution is 7.23. The van der Waals surface area contributed by atoms with E-state index in [2.05, 4.69) is 4.98 Å². The molecule has 0 radical (unpaired) electrons. The van der Waals surface area contributed by atoms with Crippen molar-refractivity contribution in [2.24, 2.45) is 5.41 Å². The number of hydrogen-bond acceptors (Lipinski definition) is 5. The van der Waals surface area contributed by atoms with E-state index in [1.807, 2.05) is 36.1 Å². The number of ether oxygens (including phenoxy) is 1. The van der Waals surface area contributed by atoms with Crippen LogP contribution in [0.5, 0.6) is 5.75 Å². The second-order valence-electron chi connectivity index (χ2n) is 9.93. The van der Waals surface area contributed by atoms with Gasteiger partial charge in [-0.25, -0.2) is 14.2 Å². The molecule has 0 spiro atoms. The van der Waals surface area contributed by atoms with Crippen molar-refractivity contribution in [3.8, 4) is 17.0 Å². The minimum Gasteiger partial charge on any atom is -0.496 e. The first-order valence-corrected chi connectivity index (χ1v) is 12.2. The normalized spacial score (nSPS) is 16.4. The Hall–Kier alpha value is -3.46. The molecule has 182 valence electrons. The summed E-state index contributed by atoms with van der Waals surface area (Å²) in [5.41, 5.74) is 2.18. The summed E-state index contributed by atoms with van der Waals surface area (Å²) < 4.78 is 23.1. The van der Waals surface area contributed by atoms with Crippen LogP contribution in [0.25, 0.3) is 26.4 Å². The molecule has 9 heteroatoms. The van der Waals surface area contributed by atoms with Crippen molar-refractivity contribution in [1.29, 1.82) is 0 Å². The maximum atomic E-state index is 15.2. The average Bonchev–Trinajstić information content (AvgIpc) is 3.51. The van der Waals surface area contributed by atoms with Crippen molar-refractivity contribution >= 4 is 38.4 Å². The van der Waals surface area contributed by atoms with Crippen LogP contribution < -0.4 is 4.74 Å². The fourth-order valence-electron chi connectivity index (χ4n) is 4.68. The summed E-state index contributed by atoms with van der Waals surface area (Å²) in [6.45, 7) is 7.02. The molecule has 0 saturated carbocycles. The lowest BCUT2D eigenvalue weighted by atomic mass is 9.94. The van der Waals surface area contributed by atoms with E-state index in [4.69, 9.17) is 4.74 Å². The largest absolute Gasteiger partial charge is 0.496 e. The number of carboxylic acids is 1. The predicted molar refractivity (Wildman–Crippen MR) is 133 cm³/mol. The molecule has 1 saturated heterocycles. The summed E-state index contributed by atoms with van der Waals surface area (Å²) in [7, 11) is 1.43. The van der Waals surface area contributed by atoms with Gasteiger partial charge in [-0.1, -0.05) is 38.2 Å². The third kappa shape index (κ3) is 4.03. The van der Waals surface area contributed by atoms with Crippen LogP contribution in [0.15, 0.2) is 36.5 Å². The first kappa shape index (κ1) is 23.3.